The first-order valence-corrected chi connectivity index (χ1v) is 7.63. The van der Waals surface area contributed by atoms with Crippen LogP contribution in [0.2, 0.25) is 0 Å². The smallest absolute Gasteiger partial charge is 0.0771 e. The van der Waals surface area contributed by atoms with Crippen LogP contribution in [0.25, 0.3) is 0 Å². The molecule has 100 valence electrons. The highest BCUT2D eigenvalue weighted by atomic mass is 16.3. The lowest BCUT2D eigenvalue weighted by Crippen LogP contribution is -2.42. The lowest BCUT2D eigenvalue weighted by Gasteiger charge is -2.28. The van der Waals surface area contributed by atoms with Crippen molar-refractivity contribution in [3.05, 3.63) is 0 Å². The molecule has 0 radical (unpaired) electrons. The number of hydrogen-bond donors (Lipinski definition) is 2. The van der Waals surface area contributed by atoms with Gasteiger partial charge >= 0.3 is 0 Å². The van der Waals surface area contributed by atoms with Gasteiger partial charge in [-0.1, -0.05) is 45.4 Å². The summed E-state index contributed by atoms with van der Waals surface area (Å²) in [6.45, 7) is 4.30. The van der Waals surface area contributed by atoms with Crippen molar-refractivity contribution in [2.75, 3.05) is 13.1 Å². The zero-order valence-corrected chi connectivity index (χ0v) is 11.4. The average molecular weight is 239 g/mol. The predicted molar refractivity (Wildman–Crippen MR) is 72.0 cm³/mol. The van der Waals surface area contributed by atoms with Gasteiger partial charge in [0.05, 0.1) is 5.60 Å². The summed E-state index contributed by atoms with van der Waals surface area (Å²) < 4.78 is 0. The van der Waals surface area contributed by atoms with Crippen LogP contribution in [0.3, 0.4) is 0 Å². The second-order valence-electron chi connectivity index (χ2n) is 6.44. The molecule has 2 atom stereocenters. The molecule has 0 saturated heterocycles. The van der Waals surface area contributed by atoms with E-state index >= 15 is 0 Å². The molecule has 2 N–H and O–H groups in total. The van der Waals surface area contributed by atoms with Crippen LogP contribution < -0.4 is 5.32 Å². The highest BCUT2D eigenvalue weighted by molar-refractivity contribution is 4.84. The standard InChI is InChI=1S/C15H29NO/c1-13-7-6-8-14(13)11-16-12-15(17)9-4-2-3-5-10-15/h13-14,16-17H,2-12H2,1H3. The molecular formula is C15H29NO. The lowest BCUT2D eigenvalue weighted by molar-refractivity contribution is 0.0243. The summed E-state index contributed by atoms with van der Waals surface area (Å²) in [5.74, 6) is 1.73. The van der Waals surface area contributed by atoms with Crippen molar-refractivity contribution in [3.8, 4) is 0 Å². The molecule has 0 aromatic carbocycles. The molecule has 0 heterocycles. The number of nitrogens with one attached hydrogen (secondary N) is 1. The van der Waals surface area contributed by atoms with Crippen molar-refractivity contribution in [2.45, 2.75) is 70.3 Å². The molecule has 0 spiro atoms. The third kappa shape index (κ3) is 3.96. The second-order valence-corrected chi connectivity index (χ2v) is 6.44. The minimum Gasteiger partial charge on any atom is -0.389 e. The molecular weight excluding hydrogens is 210 g/mol. The Bertz CT molecular complexity index is 221. The fraction of sp³-hybridized carbons (Fsp3) is 1.00. The highest BCUT2D eigenvalue weighted by Crippen LogP contribution is 2.31. The molecule has 17 heavy (non-hydrogen) atoms. The molecule has 0 aliphatic heterocycles. The average Bonchev–Trinajstić information content (AvgIpc) is 2.58. The van der Waals surface area contributed by atoms with Crippen LogP contribution in [-0.2, 0) is 0 Å². The molecule has 2 unspecified atom stereocenters. The maximum Gasteiger partial charge on any atom is 0.0771 e. The molecule has 2 nitrogen and oxygen atoms in total. The topological polar surface area (TPSA) is 32.3 Å². The van der Waals surface area contributed by atoms with E-state index in [4.69, 9.17) is 0 Å². The molecule has 0 amide bonds. The fourth-order valence-corrected chi connectivity index (χ4v) is 3.58. The van der Waals surface area contributed by atoms with E-state index in [2.05, 4.69) is 12.2 Å². The Morgan fingerprint density at radius 1 is 1.06 bits per heavy atom. The molecule has 0 aromatic rings. The van der Waals surface area contributed by atoms with Crippen LogP contribution in [0.5, 0.6) is 0 Å². The molecule has 2 aliphatic carbocycles. The van der Waals surface area contributed by atoms with E-state index < -0.39 is 5.60 Å². The van der Waals surface area contributed by atoms with Crippen molar-refractivity contribution in [1.82, 2.24) is 5.32 Å². The van der Waals surface area contributed by atoms with Gasteiger partial charge in [-0.05, 0) is 37.6 Å². The summed E-state index contributed by atoms with van der Waals surface area (Å²) in [5.41, 5.74) is -0.404. The molecule has 0 aromatic heterocycles. The first kappa shape index (κ1) is 13.4. The predicted octanol–water partition coefficient (Wildman–Crippen LogP) is 3.10. The lowest BCUT2D eigenvalue weighted by atomic mass is 9.93. The van der Waals surface area contributed by atoms with Crippen LogP contribution >= 0.6 is 0 Å². The van der Waals surface area contributed by atoms with Gasteiger partial charge in [-0.2, -0.15) is 0 Å². The van der Waals surface area contributed by atoms with E-state index in [-0.39, 0.29) is 0 Å². The monoisotopic (exact) mass is 239 g/mol. The molecule has 2 aliphatic rings. The summed E-state index contributed by atoms with van der Waals surface area (Å²) in [6.07, 6.45) is 11.2. The number of hydrogen-bond acceptors (Lipinski definition) is 2. The van der Waals surface area contributed by atoms with Crippen LogP contribution in [0.4, 0.5) is 0 Å². The van der Waals surface area contributed by atoms with E-state index in [9.17, 15) is 5.11 Å². The maximum absolute atomic E-state index is 10.5. The minimum absolute atomic E-state index is 0.404. The van der Waals surface area contributed by atoms with Gasteiger partial charge < -0.3 is 10.4 Å². The van der Waals surface area contributed by atoms with E-state index in [0.717, 1.165) is 37.8 Å². The van der Waals surface area contributed by atoms with Crippen molar-refractivity contribution in [1.29, 1.82) is 0 Å². The maximum atomic E-state index is 10.5. The Morgan fingerprint density at radius 2 is 1.76 bits per heavy atom. The summed E-state index contributed by atoms with van der Waals surface area (Å²) in [7, 11) is 0. The van der Waals surface area contributed by atoms with Gasteiger partial charge in [0.25, 0.3) is 0 Å². The van der Waals surface area contributed by atoms with Gasteiger partial charge in [-0.3, -0.25) is 0 Å². The number of aliphatic hydroxyl groups is 1. The summed E-state index contributed by atoms with van der Waals surface area (Å²) >= 11 is 0. The Balaban J connectivity index is 1.69. The van der Waals surface area contributed by atoms with Gasteiger partial charge in [-0.15, -0.1) is 0 Å². The Labute approximate surface area is 106 Å². The van der Waals surface area contributed by atoms with Crippen LogP contribution in [0.1, 0.15) is 64.7 Å². The van der Waals surface area contributed by atoms with Gasteiger partial charge in [0, 0.05) is 6.54 Å². The summed E-state index contributed by atoms with van der Waals surface area (Å²) in [5, 5.41) is 14.1. The SMILES string of the molecule is CC1CCCC1CNCC1(O)CCCCCC1. The van der Waals surface area contributed by atoms with Crippen molar-refractivity contribution in [3.63, 3.8) is 0 Å². The third-order valence-corrected chi connectivity index (χ3v) is 4.93. The van der Waals surface area contributed by atoms with Crippen molar-refractivity contribution < 1.29 is 5.11 Å². The summed E-state index contributed by atoms with van der Waals surface area (Å²) in [6, 6.07) is 0. The van der Waals surface area contributed by atoms with E-state index in [1.54, 1.807) is 0 Å². The Hall–Kier alpha value is -0.0800. The summed E-state index contributed by atoms with van der Waals surface area (Å²) in [4.78, 5) is 0. The zero-order chi connectivity index (χ0) is 12.1. The molecule has 2 rings (SSSR count). The fourth-order valence-electron chi connectivity index (χ4n) is 3.58. The van der Waals surface area contributed by atoms with E-state index in [0.29, 0.717) is 0 Å². The largest absolute Gasteiger partial charge is 0.389 e. The van der Waals surface area contributed by atoms with Gasteiger partial charge in [0.2, 0.25) is 0 Å². The molecule has 2 fully saturated rings. The van der Waals surface area contributed by atoms with Crippen LogP contribution in [-0.4, -0.2) is 23.8 Å². The van der Waals surface area contributed by atoms with Crippen LogP contribution in [0, 0.1) is 11.8 Å². The minimum atomic E-state index is -0.404. The third-order valence-electron chi connectivity index (χ3n) is 4.93. The first-order valence-electron chi connectivity index (χ1n) is 7.63. The second kappa shape index (κ2) is 6.19. The zero-order valence-electron chi connectivity index (χ0n) is 11.4. The van der Waals surface area contributed by atoms with Crippen molar-refractivity contribution in [2.24, 2.45) is 11.8 Å². The Morgan fingerprint density at radius 3 is 2.35 bits per heavy atom. The van der Waals surface area contributed by atoms with Crippen molar-refractivity contribution >= 4 is 0 Å². The first-order chi connectivity index (χ1) is 8.20. The quantitative estimate of drug-likeness (QED) is 0.739. The molecule has 0 bridgehead atoms. The number of rotatable bonds is 4. The normalized spacial score (nSPS) is 33.5. The Kier molecular flexibility index (Phi) is 4.87. The van der Waals surface area contributed by atoms with E-state index in [1.165, 1.54) is 44.9 Å². The van der Waals surface area contributed by atoms with Gasteiger partial charge in [0.15, 0.2) is 0 Å². The van der Waals surface area contributed by atoms with Gasteiger partial charge in [0.1, 0.15) is 0 Å². The molecule has 2 heteroatoms. The molecule has 2 saturated carbocycles. The van der Waals surface area contributed by atoms with Crippen LogP contribution in [0.15, 0.2) is 0 Å². The highest BCUT2D eigenvalue weighted by Gasteiger charge is 2.28. The van der Waals surface area contributed by atoms with E-state index in [1.807, 2.05) is 0 Å². The van der Waals surface area contributed by atoms with Gasteiger partial charge in [-0.25, -0.2) is 0 Å².